The molecule has 2 N–H and O–H groups in total. The summed E-state index contributed by atoms with van der Waals surface area (Å²) in [6.07, 6.45) is 0. The minimum absolute atomic E-state index is 0.0218. The van der Waals surface area contributed by atoms with Crippen LogP contribution >= 0.6 is 0 Å². The number of aryl methyl sites for hydroxylation is 2. The van der Waals surface area contributed by atoms with E-state index in [0.29, 0.717) is 6.54 Å². The van der Waals surface area contributed by atoms with Crippen LogP contribution < -0.4 is 10.5 Å². The summed E-state index contributed by atoms with van der Waals surface area (Å²) >= 11 is 0. The van der Waals surface area contributed by atoms with Crippen LogP contribution in [0.5, 0.6) is 5.75 Å². The maximum Gasteiger partial charge on any atom is 0.158 e. The monoisotopic (exact) mass is 299 g/mol. The van der Waals surface area contributed by atoms with E-state index in [1.54, 1.807) is 20.8 Å². The van der Waals surface area contributed by atoms with Crippen molar-refractivity contribution < 1.29 is 13.2 Å². The van der Waals surface area contributed by atoms with Crippen LogP contribution in [0, 0.1) is 13.8 Å². The molecule has 1 aromatic carbocycles. The smallest absolute Gasteiger partial charge is 0.158 e. The summed E-state index contributed by atoms with van der Waals surface area (Å²) in [4.78, 5) is 0. The van der Waals surface area contributed by atoms with E-state index in [2.05, 4.69) is 0 Å². The van der Waals surface area contributed by atoms with Crippen molar-refractivity contribution >= 4 is 9.84 Å². The summed E-state index contributed by atoms with van der Waals surface area (Å²) in [5, 5.41) is 0. The normalized spacial score (nSPS) is 12.5. The summed E-state index contributed by atoms with van der Waals surface area (Å²) in [6, 6.07) is 3.95. The van der Waals surface area contributed by atoms with Gasteiger partial charge in [-0.25, -0.2) is 8.42 Å². The second-order valence-corrected chi connectivity index (χ2v) is 8.91. The third-order valence-electron chi connectivity index (χ3n) is 3.29. The van der Waals surface area contributed by atoms with Gasteiger partial charge in [0.15, 0.2) is 9.84 Å². The standard InChI is InChI=1S/C15H25NO3S/c1-11-8-13(10-16)9-12(2)14(11)19-6-7-20(17,18)15(3,4)5/h8-9H,6-7,10,16H2,1-5H3. The lowest BCUT2D eigenvalue weighted by Crippen LogP contribution is -2.32. The van der Waals surface area contributed by atoms with Crippen LogP contribution in [-0.2, 0) is 16.4 Å². The van der Waals surface area contributed by atoms with Crippen molar-refractivity contribution in [2.75, 3.05) is 12.4 Å². The fourth-order valence-electron chi connectivity index (χ4n) is 1.95. The lowest BCUT2D eigenvalue weighted by Gasteiger charge is -2.20. The molecule has 0 atom stereocenters. The van der Waals surface area contributed by atoms with Crippen molar-refractivity contribution in [1.29, 1.82) is 0 Å². The lowest BCUT2D eigenvalue weighted by atomic mass is 10.1. The fraction of sp³-hybridized carbons (Fsp3) is 0.600. The largest absolute Gasteiger partial charge is 0.492 e. The second kappa shape index (κ2) is 6.14. The van der Waals surface area contributed by atoms with Gasteiger partial charge in [-0.3, -0.25) is 0 Å². The number of rotatable bonds is 5. The Balaban J connectivity index is 2.78. The molecule has 0 unspecified atom stereocenters. The Hall–Kier alpha value is -1.07. The van der Waals surface area contributed by atoms with E-state index in [1.165, 1.54) is 0 Å². The van der Waals surface area contributed by atoms with E-state index >= 15 is 0 Å². The topological polar surface area (TPSA) is 69.4 Å². The fourth-order valence-corrected chi connectivity index (χ4v) is 2.86. The molecule has 5 heteroatoms. The molecule has 0 radical (unpaired) electrons. The molecule has 0 aliphatic heterocycles. The Morgan fingerprint density at radius 1 is 1.15 bits per heavy atom. The molecule has 114 valence electrons. The van der Waals surface area contributed by atoms with Gasteiger partial charge in [0, 0.05) is 6.54 Å². The maximum atomic E-state index is 12.0. The summed E-state index contributed by atoms with van der Waals surface area (Å²) in [7, 11) is -3.15. The minimum atomic E-state index is -3.15. The highest BCUT2D eigenvalue weighted by atomic mass is 32.2. The molecule has 0 aliphatic rings. The van der Waals surface area contributed by atoms with E-state index in [0.717, 1.165) is 22.4 Å². The summed E-state index contributed by atoms with van der Waals surface area (Å²) in [5.41, 5.74) is 8.64. The van der Waals surface area contributed by atoms with Gasteiger partial charge in [0.05, 0.1) is 10.5 Å². The summed E-state index contributed by atoms with van der Waals surface area (Å²) in [6.45, 7) is 9.65. The van der Waals surface area contributed by atoms with Crippen molar-refractivity contribution in [3.63, 3.8) is 0 Å². The maximum absolute atomic E-state index is 12.0. The zero-order valence-electron chi connectivity index (χ0n) is 13.0. The molecule has 0 saturated heterocycles. The molecule has 1 aromatic rings. The molecule has 0 heterocycles. The summed E-state index contributed by atoms with van der Waals surface area (Å²) in [5.74, 6) is 0.778. The Kier molecular flexibility index (Phi) is 5.21. The molecule has 0 amide bonds. The summed E-state index contributed by atoms with van der Waals surface area (Å²) < 4.78 is 29.0. The first-order valence-electron chi connectivity index (χ1n) is 6.74. The molecule has 1 rings (SSSR count). The van der Waals surface area contributed by atoms with Crippen molar-refractivity contribution in [3.05, 3.63) is 28.8 Å². The SMILES string of the molecule is Cc1cc(CN)cc(C)c1OCCS(=O)(=O)C(C)(C)C. The van der Waals surface area contributed by atoms with Crippen molar-refractivity contribution in [2.24, 2.45) is 5.73 Å². The minimum Gasteiger partial charge on any atom is -0.492 e. The first-order valence-corrected chi connectivity index (χ1v) is 8.39. The Morgan fingerprint density at radius 2 is 1.65 bits per heavy atom. The van der Waals surface area contributed by atoms with Crippen molar-refractivity contribution in [2.45, 2.75) is 45.9 Å². The van der Waals surface area contributed by atoms with E-state index in [9.17, 15) is 8.42 Å². The van der Waals surface area contributed by atoms with Gasteiger partial charge in [0.2, 0.25) is 0 Å². The van der Waals surface area contributed by atoms with Gasteiger partial charge < -0.3 is 10.5 Å². The van der Waals surface area contributed by atoms with Crippen LogP contribution in [0.15, 0.2) is 12.1 Å². The number of sulfone groups is 1. The third-order valence-corrected chi connectivity index (χ3v) is 5.86. The van der Waals surface area contributed by atoms with Gasteiger partial charge >= 0.3 is 0 Å². The van der Waals surface area contributed by atoms with Crippen LogP contribution in [0.25, 0.3) is 0 Å². The first-order chi connectivity index (χ1) is 9.08. The quantitative estimate of drug-likeness (QED) is 0.906. The number of nitrogens with two attached hydrogens (primary N) is 1. The van der Waals surface area contributed by atoms with Crippen molar-refractivity contribution in [1.82, 2.24) is 0 Å². The molecule has 0 spiro atoms. The second-order valence-electron chi connectivity index (χ2n) is 6.04. The van der Waals surface area contributed by atoms with Gasteiger partial charge in [0.1, 0.15) is 12.4 Å². The highest BCUT2D eigenvalue weighted by molar-refractivity contribution is 7.92. The predicted octanol–water partition coefficient (Wildman–Crippen LogP) is 2.35. The number of hydrogen-bond donors (Lipinski definition) is 1. The van der Waals surface area contributed by atoms with E-state index < -0.39 is 14.6 Å². The zero-order valence-corrected chi connectivity index (χ0v) is 13.8. The molecule has 4 nitrogen and oxygen atoms in total. The molecule has 0 aromatic heterocycles. The third kappa shape index (κ3) is 3.96. The van der Waals surface area contributed by atoms with Gasteiger partial charge in [-0.15, -0.1) is 0 Å². The Labute approximate surface area is 122 Å². The highest BCUT2D eigenvalue weighted by Crippen LogP contribution is 2.25. The van der Waals surface area contributed by atoms with E-state index in [4.69, 9.17) is 10.5 Å². The molecular weight excluding hydrogens is 274 g/mol. The van der Waals surface area contributed by atoms with Gasteiger partial charge in [-0.1, -0.05) is 12.1 Å². The van der Waals surface area contributed by atoms with Crippen LogP contribution in [0.1, 0.15) is 37.5 Å². The molecule has 20 heavy (non-hydrogen) atoms. The van der Waals surface area contributed by atoms with Gasteiger partial charge in [-0.2, -0.15) is 0 Å². The molecule has 0 saturated carbocycles. The van der Waals surface area contributed by atoms with Crippen LogP contribution in [0.3, 0.4) is 0 Å². The first kappa shape index (κ1) is 17.0. The van der Waals surface area contributed by atoms with Crippen LogP contribution in [0.2, 0.25) is 0 Å². The Bertz CT molecular complexity index is 548. The van der Waals surface area contributed by atoms with Gasteiger partial charge in [-0.05, 0) is 51.3 Å². The lowest BCUT2D eigenvalue weighted by molar-refractivity contribution is 0.335. The highest BCUT2D eigenvalue weighted by Gasteiger charge is 2.28. The number of hydrogen-bond acceptors (Lipinski definition) is 4. The van der Waals surface area contributed by atoms with E-state index in [1.807, 2.05) is 26.0 Å². The zero-order chi connectivity index (χ0) is 15.6. The van der Waals surface area contributed by atoms with Crippen LogP contribution in [0.4, 0.5) is 0 Å². The molecule has 0 aliphatic carbocycles. The van der Waals surface area contributed by atoms with Crippen molar-refractivity contribution in [3.8, 4) is 5.75 Å². The average molecular weight is 299 g/mol. The molecular formula is C15H25NO3S. The van der Waals surface area contributed by atoms with E-state index in [-0.39, 0.29) is 12.4 Å². The number of benzene rings is 1. The molecule has 0 bridgehead atoms. The van der Waals surface area contributed by atoms with Gasteiger partial charge in [0.25, 0.3) is 0 Å². The van der Waals surface area contributed by atoms with Crippen LogP contribution in [-0.4, -0.2) is 25.5 Å². The predicted molar refractivity (Wildman–Crippen MR) is 82.8 cm³/mol. The Morgan fingerprint density at radius 3 is 2.05 bits per heavy atom. The average Bonchev–Trinajstić information content (AvgIpc) is 2.30. The molecule has 0 fully saturated rings. The number of ether oxygens (including phenoxy) is 1.